The highest BCUT2D eigenvalue weighted by atomic mass is 32.2. The van der Waals surface area contributed by atoms with Crippen molar-refractivity contribution in [1.29, 1.82) is 0 Å². The monoisotopic (exact) mass is 298 g/mol. The van der Waals surface area contributed by atoms with Crippen molar-refractivity contribution in [2.75, 3.05) is 16.8 Å². The summed E-state index contributed by atoms with van der Waals surface area (Å²) in [6.07, 6.45) is 1.47. The van der Waals surface area contributed by atoms with E-state index >= 15 is 0 Å². The molecule has 0 bridgehead atoms. The number of hydrogen-bond acceptors (Lipinski definition) is 5. The van der Waals surface area contributed by atoms with E-state index in [0.717, 1.165) is 12.8 Å². The summed E-state index contributed by atoms with van der Waals surface area (Å²) in [6, 6.07) is 4.09. The van der Waals surface area contributed by atoms with Gasteiger partial charge in [-0.2, -0.15) is 0 Å². The SMILES string of the molecule is O=C(O)c1ccc(NC2CCS(=O)CC2)cc1[N+](=O)[O-]. The predicted octanol–water partition coefficient (Wildman–Crippen LogP) is 1.62. The summed E-state index contributed by atoms with van der Waals surface area (Å²) in [7, 11) is -0.766. The third kappa shape index (κ3) is 3.32. The number of carboxylic acids is 1. The second-order valence-corrected chi connectivity index (χ2v) is 6.26. The lowest BCUT2D eigenvalue weighted by Gasteiger charge is -2.23. The number of aromatic carboxylic acids is 1. The van der Waals surface area contributed by atoms with Crippen LogP contribution in [0.5, 0.6) is 0 Å². The normalized spacial score (nSPS) is 22.2. The number of carboxylic acid groups (broad SMARTS) is 1. The Morgan fingerprint density at radius 1 is 1.40 bits per heavy atom. The Morgan fingerprint density at radius 2 is 2.05 bits per heavy atom. The van der Waals surface area contributed by atoms with Crippen LogP contribution in [-0.2, 0) is 10.8 Å². The number of carbonyl (C=O) groups is 1. The van der Waals surface area contributed by atoms with Gasteiger partial charge in [0.25, 0.3) is 5.69 Å². The summed E-state index contributed by atoms with van der Waals surface area (Å²) >= 11 is 0. The van der Waals surface area contributed by atoms with E-state index in [1.807, 2.05) is 0 Å². The summed E-state index contributed by atoms with van der Waals surface area (Å²) in [4.78, 5) is 21.1. The van der Waals surface area contributed by atoms with Gasteiger partial charge in [0, 0.05) is 40.1 Å². The fourth-order valence-corrected chi connectivity index (χ4v) is 3.43. The van der Waals surface area contributed by atoms with Crippen molar-refractivity contribution in [3.8, 4) is 0 Å². The zero-order valence-electron chi connectivity index (χ0n) is 10.6. The lowest BCUT2D eigenvalue weighted by Crippen LogP contribution is -2.29. The zero-order chi connectivity index (χ0) is 14.7. The maximum Gasteiger partial charge on any atom is 0.342 e. The number of nitrogens with zero attached hydrogens (tertiary/aromatic N) is 1. The van der Waals surface area contributed by atoms with E-state index in [9.17, 15) is 19.1 Å². The average molecular weight is 298 g/mol. The minimum absolute atomic E-state index is 0.114. The highest BCUT2D eigenvalue weighted by Crippen LogP contribution is 2.25. The lowest BCUT2D eigenvalue weighted by molar-refractivity contribution is -0.385. The molecule has 0 aromatic heterocycles. The molecule has 0 spiro atoms. The second-order valence-electron chi connectivity index (χ2n) is 4.56. The molecule has 1 aromatic rings. The van der Waals surface area contributed by atoms with Crippen LogP contribution in [0.3, 0.4) is 0 Å². The fraction of sp³-hybridized carbons (Fsp3) is 0.417. The summed E-state index contributed by atoms with van der Waals surface area (Å²) in [5.74, 6) is -0.0868. The van der Waals surface area contributed by atoms with Gasteiger partial charge in [-0.15, -0.1) is 0 Å². The Balaban J connectivity index is 2.17. The first-order chi connectivity index (χ1) is 9.47. The van der Waals surface area contributed by atoms with Crippen LogP contribution in [0.4, 0.5) is 11.4 Å². The van der Waals surface area contributed by atoms with Gasteiger partial charge in [-0.05, 0) is 25.0 Å². The van der Waals surface area contributed by atoms with Crippen molar-refractivity contribution in [2.45, 2.75) is 18.9 Å². The topological polar surface area (TPSA) is 110 Å². The number of hydrogen-bond donors (Lipinski definition) is 2. The fourth-order valence-electron chi connectivity index (χ4n) is 2.13. The van der Waals surface area contributed by atoms with Crippen LogP contribution in [0.25, 0.3) is 0 Å². The van der Waals surface area contributed by atoms with Gasteiger partial charge < -0.3 is 10.4 Å². The smallest absolute Gasteiger partial charge is 0.342 e. The van der Waals surface area contributed by atoms with E-state index in [-0.39, 0.29) is 11.6 Å². The van der Waals surface area contributed by atoms with Crippen LogP contribution < -0.4 is 5.32 Å². The minimum atomic E-state index is -1.32. The first-order valence-electron chi connectivity index (χ1n) is 6.10. The van der Waals surface area contributed by atoms with Gasteiger partial charge in [0.05, 0.1) is 4.92 Å². The predicted molar refractivity (Wildman–Crippen MR) is 74.6 cm³/mol. The van der Waals surface area contributed by atoms with Crippen LogP contribution in [-0.4, -0.2) is 37.8 Å². The molecule has 1 aliphatic rings. The molecular weight excluding hydrogens is 284 g/mol. The minimum Gasteiger partial charge on any atom is -0.477 e. The molecule has 1 aromatic carbocycles. The highest BCUT2D eigenvalue weighted by molar-refractivity contribution is 7.85. The van der Waals surface area contributed by atoms with Crippen molar-refractivity contribution in [1.82, 2.24) is 0 Å². The number of nitro benzene ring substituents is 1. The number of nitrogens with one attached hydrogen (secondary N) is 1. The third-order valence-corrected chi connectivity index (χ3v) is 4.57. The van der Waals surface area contributed by atoms with E-state index < -0.39 is 27.4 Å². The molecule has 20 heavy (non-hydrogen) atoms. The Morgan fingerprint density at radius 3 is 2.60 bits per heavy atom. The molecule has 7 nitrogen and oxygen atoms in total. The Labute approximate surface area is 117 Å². The van der Waals surface area contributed by atoms with Crippen molar-refractivity contribution in [2.24, 2.45) is 0 Å². The van der Waals surface area contributed by atoms with E-state index in [1.165, 1.54) is 18.2 Å². The molecule has 1 fully saturated rings. The molecule has 1 aliphatic heterocycles. The van der Waals surface area contributed by atoms with E-state index in [2.05, 4.69) is 5.32 Å². The number of rotatable bonds is 4. The van der Waals surface area contributed by atoms with E-state index in [0.29, 0.717) is 17.2 Å². The maximum atomic E-state index is 11.3. The second kappa shape index (κ2) is 6.00. The van der Waals surface area contributed by atoms with E-state index in [4.69, 9.17) is 5.11 Å². The van der Waals surface area contributed by atoms with Gasteiger partial charge >= 0.3 is 5.97 Å². The lowest BCUT2D eigenvalue weighted by atomic mass is 10.1. The van der Waals surface area contributed by atoms with Gasteiger partial charge in [0.2, 0.25) is 0 Å². The molecule has 0 aliphatic carbocycles. The summed E-state index contributed by atoms with van der Waals surface area (Å²) in [5, 5.41) is 22.9. The summed E-state index contributed by atoms with van der Waals surface area (Å²) in [6.45, 7) is 0. The molecule has 1 heterocycles. The number of benzene rings is 1. The third-order valence-electron chi connectivity index (χ3n) is 3.18. The summed E-state index contributed by atoms with van der Waals surface area (Å²) in [5.41, 5.74) is -0.244. The molecule has 0 unspecified atom stereocenters. The van der Waals surface area contributed by atoms with Crippen molar-refractivity contribution in [3.63, 3.8) is 0 Å². The van der Waals surface area contributed by atoms with Crippen molar-refractivity contribution in [3.05, 3.63) is 33.9 Å². The van der Waals surface area contributed by atoms with Crippen LogP contribution in [0.15, 0.2) is 18.2 Å². The first-order valence-corrected chi connectivity index (χ1v) is 7.59. The first kappa shape index (κ1) is 14.4. The van der Waals surface area contributed by atoms with Crippen LogP contribution >= 0.6 is 0 Å². The molecule has 0 saturated carbocycles. The van der Waals surface area contributed by atoms with Crippen LogP contribution in [0.2, 0.25) is 0 Å². The van der Waals surface area contributed by atoms with Gasteiger partial charge in [-0.1, -0.05) is 0 Å². The van der Waals surface area contributed by atoms with Crippen LogP contribution in [0.1, 0.15) is 23.2 Å². The van der Waals surface area contributed by atoms with Gasteiger partial charge in [0.1, 0.15) is 5.56 Å². The molecule has 2 rings (SSSR count). The van der Waals surface area contributed by atoms with E-state index in [1.54, 1.807) is 0 Å². The number of anilines is 1. The van der Waals surface area contributed by atoms with Crippen LogP contribution in [0, 0.1) is 10.1 Å². The van der Waals surface area contributed by atoms with Crippen molar-refractivity contribution >= 4 is 28.1 Å². The standard InChI is InChI=1S/C12H14N2O5S/c15-12(16)10-2-1-9(7-11(10)14(17)18)13-8-3-5-20(19)6-4-8/h1-2,7-8,13H,3-6H2,(H,15,16). The Hall–Kier alpha value is -1.96. The molecule has 108 valence electrons. The molecule has 1 saturated heterocycles. The van der Waals surface area contributed by atoms with Gasteiger partial charge in [-0.25, -0.2) is 4.79 Å². The maximum absolute atomic E-state index is 11.3. The molecule has 0 amide bonds. The number of nitro groups is 1. The average Bonchev–Trinajstić information content (AvgIpc) is 2.41. The molecule has 2 N–H and O–H groups in total. The quantitative estimate of drug-likeness (QED) is 0.645. The van der Waals surface area contributed by atoms with Gasteiger partial charge in [-0.3, -0.25) is 14.3 Å². The summed E-state index contributed by atoms with van der Waals surface area (Å²) < 4.78 is 11.3. The Bertz CT molecular complexity index is 565. The largest absolute Gasteiger partial charge is 0.477 e. The zero-order valence-corrected chi connectivity index (χ0v) is 11.4. The van der Waals surface area contributed by atoms with Crippen molar-refractivity contribution < 1.29 is 19.0 Å². The molecule has 0 atom stereocenters. The molecule has 0 radical (unpaired) electrons. The molecule has 8 heteroatoms. The Kier molecular flexibility index (Phi) is 4.33. The highest BCUT2D eigenvalue weighted by Gasteiger charge is 2.22. The molecular formula is C12H14N2O5S. The van der Waals surface area contributed by atoms with Gasteiger partial charge in [0.15, 0.2) is 0 Å².